The Morgan fingerprint density at radius 2 is 2.29 bits per heavy atom. The number of nitrogens with zero attached hydrogens (tertiary/aromatic N) is 1. The minimum atomic E-state index is -1.10. The van der Waals surface area contributed by atoms with Crippen molar-refractivity contribution in [1.82, 2.24) is 10.3 Å². The van der Waals surface area contributed by atoms with Crippen LogP contribution in [0.15, 0.2) is 18.3 Å². The van der Waals surface area contributed by atoms with Gasteiger partial charge in [-0.25, -0.2) is 0 Å². The van der Waals surface area contributed by atoms with Crippen LogP contribution < -0.4 is 11.1 Å². The highest BCUT2D eigenvalue weighted by Gasteiger charge is 2.19. The maximum absolute atomic E-state index is 10.6. The van der Waals surface area contributed by atoms with Crippen molar-refractivity contribution in [2.45, 2.75) is 25.6 Å². The van der Waals surface area contributed by atoms with Crippen LogP contribution in [-0.4, -0.2) is 33.8 Å². The normalized spacial score (nSPS) is 14.1. The van der Waals surface area contributed by atoms with Crippen molar-refractivity contribution in [2.75, 3.05) is 12.3 Å². The first-order valence-corrected chi connectivity index (χ1v) is 5.32. The Labute approximate surface area is 99.5 Å². The van der Waals surface area contributed by atoms with E-state index in [0.29, 0.717) is 17.9 Å². The molecule has 6 heteroatoms. The van der Waals surface area contributed by atoms with Crippen molar-refractivity contribution in [3.63, 3.8) is 0 Å². The molecule has 0 saturated heterocycles. The lowest BCUT2D eigenvalue weighted by Gasteiger charge is -2.17. The maximum atomic E-state index is 10.6. The maximum Gasteiger partial charge on any atom is 0.216 e. The Kier molecular flexibility index (Phi) is 4.86. The van der Waals surface area contributed by atoms with Crippen molar-refractivity contribution < 1.29 is 15.0 Å². The first-order valence-electron chi connectivity index (χ1n) is 5.32. The molecule has 1 aromatic heterocycles. The van der Waals surface area contributed by atoms with Gasteiger partial charge >= 0.3 is 0 Å². The summed E-state index contributed by atoms with van der Waals surface area (Å²) < 4.78 is 0. The summed E-state index contributed by atoms with van der Waals surface area (Å²) in [7, 11) is 0. The molecule has 0 aliphatic rings. The lowest BCUT2D eigenvalue weighted by atomic mass is 10.1. The topological polar surface area (TPSA) is 108 Å². The van der Waals surface area contributed by atoms with Crippen molar-refractivity contribution >= 4 is 11.6 Å². The van der Waals surface area contributed by atoms with Crippen LogP contribution in [0.2, 0.25) is 0 Å². The number of amides is 1. The molecule has 1 aromatic rings. The molecule has 0 bridgehead atoms. The van der Waals surface area contributed by atoms with Gasteiger partial charge in [-0.1, -0.05) is 0 Å². The highest BCUT2D eigenvalue weighted by atomic mass is 16.3. The van der Waals surface area contributed by atoms with E-state index in [1.807, 2.05) is 0 Å². The van der Waals surface area contributed by atoms with E-state index in [-0.39, 0.29) is 12.3 Å². The smallest absolute Gasteiger partial charge is 0.216 e. The van der Waals surface area contributed by atoms with Gasteiger partial charge in [-0.15, -0.1) is 0 Å². The van der Waals surface area contributed by atoms with E-state index in [1.165, 1.54) is 19.2 Å². The number of hydrogen-bond acceptors (Lipinski definition) is 5. The number of anilines is 1. The molecule has 1 heterocycles. The van der Waals surface area contributed by atoms with Crippen LogP contribution in [0.3, 0.4) is 0 Å². The fraction of sp³-hybridized carbons (Fsp3) is 0.455. The van der Waals surface area contributed by atoms with Gasteiger partial charge in [-0.2, -0.15) is 0 Å². The van der Waals surface area contributed by atoms with Crippen molar-refractivity contribution in [3.05, 3.63) is 24.0 Å². The lowest BCUT2D eigenvalue weighted by molar-refractivity contribution is -0.119. The van der Waals surface area contributed by atoms with Crippen LogP contribution in [0.1, 0.15) is 25.1 Å². The molecule has 6 nitrogen and oxygen atoms in total. The number of aliphatic hydroxyl groups excluding tert-OH is 2. The number of aliphatic hydroxyl groups is 2. The van der Waals surface area contributed by atoms with Gasteiger partial charge in [-0.3, -0.25) is 9.78 Å². The Morgan fingerprint density at radius 1 is 1.59 bits per heavy atom. The fourth-order valence-corrected chi connectivity index (χ4v) is 1.38. The molecule has 17 heavy (non-hydrogen) atoms. The van der Waals surface area contributed by atoms with Gasteiger partial charge in [0.15, 0.2) is 0 Å². The molecule has 94 valence electrons. The number of carbonyl (C=O) groups excluding carboxylic acids is 1. The molecule has 0 radical (unpaired) electrons. The summed E-state index contributed by atoms with van der Waals surface area (Å²) in [5, 5.41) is 22.0. The third-order valence-electron chi connectivity index (χ3n) is 2.29. The number of carbonyl (C=O) groups is 1. The van der Waals surface area contributed by atoms with Gasteiger partial charge in [-0.05, 0) is 18.6 Å². The molecule has 0 saturated carbocycles. The summed E-state index contributed by atoms with van der Waals surface area (Å²) in [6, 6.07) is 3.10. The van der Waals surface area contributed by atoms with Gasteiger partial charge in [0.05, 0.1) is 11.8 Å². The average molecular weight is 239 g/mol. The molecule has 1 rings (SSSR count). The standard InChI is InChI=1S/C11H17N3O3/c1-7(15)13-5-3-10(16)11(17)9-6-8(12)2-4-14-9/h2,4,6,10-11,16-17H,3,5H2,1H3,(H2,12,14)(H,13,15). The second-order valence-corrected chi connectivity index (χ2v) is 3.80. The molecule has 0 aromatic carbocycles. The van der Waals surface area contributed by atoms with Crippen LogP contribution in [0.4, 0.5) is 5.69 Å². The zero-order valence-corrected chi connectivity index (χ0v) is 9.63. The van der Waals surface area contributed by atoms with Gasteiger partial charge in [0.1, 0.15) is 6.10 Å². The highest BCUT2D eigenvalue weighted by Crippen LogP contribution is 2.18. The van der Waals surface area contributed by atoms with E-state index in [1.54, 1.807) is 6.07 Å². The van der Waals surface area contributed by atoms with Crippen LogP contribution in [0.5, 0.6) is 0 Å². The van der Waals surface area contributed by atoms with E-state index >= 15 is 0 Å². The number of pyridine rings is 1. The lowest BCUT2D eigenvalue weighted by Crippen LogP contribution is -2.28. The molecule has 2 unspecified atom stereocenters. The van der Waals surface area contributed by atoms with Gasteiger partial charge in [0, 0.05) is 25.4 Å². The molecule has 1 amide bonds. The van der Waals surface area contributed by atoms with Crippen molar-refractivity contribution in [3.8, 4) is 0 Å². The minimum absolute atomic E-state index is 0.172. The molecule has 0 fully saturated rings. The summed E-state index contributed by atoms with van der Waals surface area (Å²) in [5.41, 5.74) is 6.34. The van der Waals surface area contributed by atoms with Crippen molar-refractivity contribution in [2.24, 2.45) is 0 Å². The van der Waals surface area contributed by atoms with Crippen LogP contribution in [-0.2, 0) is 4.79 Å². The quantitative estimate of drug-likeness (QED) is 0.558. The number of rotatable bonds is 5. The third kappa shape index (κ3) is 4.38. The summed E-state index contributed by atoms with van der Waals surface area (Å²) in [6.07, 6.45) is -0.380. The molecule has 0 aliphatic carbocycles. The average Bonchev–Trinajstić information content (AvgIpc) is 2.27. The van der Waals surface area contributed by atoms with E-state index in [9.17, 15) is 15.0 Å². The van der Waals surface area contributed by atoms with Crippen LogP contribution in [0.25, 0.3) is 0 Å². The number of nitrogen functional groups attached to an aromatic ring is 1. The van der Waals surface area contributed by atoms with E-state index in [2.05, 4.69) is 10.3 Å². The third-order valence-corrected chi connectivity index (χ3v) is 2.29. The minimum Gasteiger partial charge on any atom is -0.399 e. The van der Waals surface area contributed by atoms with E-state index < -0.39 is 12.2 Å². The second kappa shape index (κ2) is 6.17. The Balaban J connectivity index is 2.51. The zero-order valence-electron chi connectivity index (χ0n) is 9.63. The molecular weight excluding hydrogens is 222 g/mol. The van der Waals surface area contributed by atoms with Crippen molar-refractivity contribution in [1.29, 1.82) is 0 Å². The number of nitrogens with one attached hydrogen (secondary N) is 1. The molecule has 0 spiro atoms. The molecule has 0 aliphatic heterocycles. The first kappa shape index (κ1) is 13.4. The SMILES string of the molecule is CC(=O)NCCC(O)C(O)c1cc(N)ccn1. The highest BCUT2D eigenvalue weighted by molar-refractivity contribution is 5.72. The zero-order chi connectivity index (χ0) is 12.8. The Hall–Kier alpha value is -1.66. The first-order chi connectivity index (χ1) is 8.00. The largest absolute Gasteiger partial charge is 0.399 e. The Bertz CT molecular complexity index is 384. The predicted octanol–water partition coefficient (Wildman–Crippen LogP) is -0.416. The molecular formula is C11H17N3O3. The van der Waals surface area contributed by atoms with E-state index in [0.717, 1.165) is 0 Å². The number of nitrogens with two attached hydrogens (primary N) is 1. The monoisotopic (exact) mass is 239 g/mol. The summed E-state index contributed by atoms with van der Waals surface area (Å²) in [6.45, 7) is 1.69. The van der Waals surface area contributed by atoms with Crippen LogP contribution >= 0.6 is 0 Å². The number of aromatic nitrogens is 1. The fourth-order valence-electron chi connectivity index (χ4n) is 1.38. The number of hydrogen-bond donors (Lipinski definition) is 4. The summed E-state index contributed by atoms with van der Waals surface area (Å²) in [4.78, 5) is 14.6. The molecule has 2 atom stereocenters. The second-order valence-electron chi connectivity index (χ2n) is 3.80. The van der Waals surface area contributed by atoms with Gasteiger partial charge in [0.25, 0.3) is 0 Å². The van der Waals surface area contributed by atoms with Crippen LogP contribution in [0, 0.1) is 0 Å². The van der Waals surface area contributed by atoms with E-state index in [4.69, 9.17) is 5.73 Å². The summed E-state index contributed by atoms with van der Waals surface area (Å²) in [5.74, 6) is -0.172. The van der Waals surface area contributed by atoms with Gasteiger partial charge < -0.3 is 21.3 Å². The molecule has 5 N–H and O–H groups in total. The Morgan fingerprint density at radius 3 is 2.88 bits per heavy atom. The predicted molar refractivity (Wildman–Crippen MR) is 62.9 cm³/mol. The summed E-state index contributed by atoms with van der Waals surface area (Å²) >= 11 is 0. The van der Waals surface area contributed by atoms with Gasteiger partial charge in [0.2, 0.25) is 5.91 Å².